The van der Waals surface area contributed by atoms with Crippen LogP contribution in [0.4, 0.5) is 5.69 Å². The van der Waals surface area contributed by atoms with Gasteiger partial charge >= 0.3 is 0 Å². The third kappa shape index (κ3) is 3.51. The minimum absolute atomic E-state index is 0.0831. The monoisotopic (exact) mass is 238 g/mol. The molecule has 1 unspecified atom stereocenters. The van der Waals surface area contributed by atoms with E-state index in [1.807, 2.05) is 20.0 Å². The number of likely N-dealkylation sites (N-methyl/N-ethyl adjacent to an activating group) is 1. The SMILES string of the molecule is CNC(COC)Cc1c(C)cccc1[N+](=O)[O-]. The lowest BCUT2D eigenvalue weighted by molar-refractivity contribution is -0.385. The van der Waals surface area contributed by atoms with Crippen molar-refractivity contribution in [2.75, 3.05) is 20.8 Å². The van der Waals surface area contributed by atoms with Crippen LogP contribution in [0, 0.1) is 17.0 Å². The highest BCUT2D eigenvalue weighted by atomic mass is 16.6. The van der Waals surface area contributed by atoms with E-state index in [0.717, 1.165) is 11.1 Å². The lowest BCUT2D eigenvalue weighted by atomic mass is 9.99. The van der Waals surface area contributed by atoms with Crippen LogP contribution in [0.1, 0.15) is 11.1 Å². The summed E-state index contributed by atoms with van der Waals surface area (Å²) in [5.74, 6) is 0. The van der Waals surface area contributed by atoms with E-state index in [1.165, 1.54) is 0 Å². The maximum absolute atomic E-state index is 11.0. The first-order chi connectivity index (χ1) is 8.10. The van der Waals surface area contributed by atoms with Gasteiger partial charge in [-0.25, -0.2) is 0 Å². The van der Waals surface area contributed by atoms with Crippen molar-refractivity contribution < 1.29 is 9.66 Å². The van der Waals surface area contributed by atoms with Crippen molar-refractivity contribution in [3.8, 4) is 0 Å². The van der Waals surface area contributed by atoms with E-state index in [2.05, 4.69) is 5.32 Å². The van der Waals surface area contributed by atoms with Crippen molar-refractivity contribution in [2.45, 2.75) is 19.4 Å². The van der Waals surface area contributed by atoms with Gasteiger partial charge in [0.05, 0.1) is 11.5 Å². The summed E-state index contributed by atoms with van der Waals surface area (Å²) in [6.45, 7) is 2.42. The fourth-order valence-corrected chi connectivity index (χ4v) is 1.82. The van der Waals surface area contributed by atoms with Crippen molar-refractivity contribution >= 4 is 5.69 Å². The van der Waals surface area contributed by atoms with Gasteiger partial charge in [0.15, 0.2) is 0 Å². The molecule has 1 aromatic rings. The number of nitro benzene ring substituents is 1. The molecule has 0 spiro atoms. The van der Waals surface area contributed by atoms with E-state index in [1.54, 1.807) is 19.2 Å². The maximum Gasteiger partial charge on any atom is 0.272 e. The lowest BCUT2D eigenvalue weighted by Gasteiger charge is -2.16. The largest absolute Gasteiger partial charge is 0.383 e. The number of hydrogen-bond acceptors (Lipinski definition) is 4. The van der Waals surface area contributed by atoms with E-state index in [9.17, 15) is 10.1 Å². The van der Waals surface area contributed by atoms with Crippen molar-refractivity contribution in [1.29, 1.82) is 0 Å². The summed E-state index contributed by atoms with van der Waals surface area (Å²) in [5.41, 5.74) is 1.89. The minimum atomic E-state index is -0.331. The van der Waals surface area contributed by atoms with Crippen LogP contribution in [-0.2, 0) is 11.2 Å². The first-order valence-corrected chi connectivity index (χ1v) is 5.49. The molecule has 1 aromatic carbocycles. The summed E-state index contributed by atoms with van der Waals surface area (Å²) >= 11 is 0. The summed E-state index contributed by atoms with van der Waals surface area (Å²) in [4.78, 5) is 10.6. The summed E-state index contributed by atoms with van der Waals surface area (Å²) in [7, 11) is 3.45. The van der Waals surface area contributed by atoms with Crippen LogP contribution in [0.15, 0.2) is 18.2 Å². The highest BCUT2D eigenvalue weighted by Crippen LogP contribution is 2.23. The number of rotatable bonds is 6. The quantitative estimate of drug-likeness (QED) is 0.605. The molecule has 0 bridgehead atoms. The van der Waals surface area contributed by atoms with Crippen LogP contribution in [0.25, 0.3) is 0 Å². The molecule has 0 aliphatic heterocycles. The predicted molar refractivity (Wildman–Crippen MR) is 66.3 cm³/mol. The standard InChI is InChI=1S/C12H18N2O3/c1-9-5-4-6-12(14(15)16)11(9)7-10(13-2)8-17-3/h4-6,10,13H,7-8H2,1-3H3. The molecule has 1 N–H and O–H groups in total. The van der Waals surface area contributed by atoms with Crippen molar-refractivity contribution in [3.63, 3.8) is 0 Å². The number of nitrogens with zero attached hydrogens (tertiary/aromatic N) is 1. The predicted octanol–water partition coefficient (Wildman–Crippen LogP) is 1.68. The van der Waals surface area contributed by atoms with E-state index in [-0.39, 0.29) is 16.7 Å². The van der Waals surface area contributed by atoms with Crippen LogP contribution in [-0.4, -0.2) is 31.7 Å². The van der Waals surface area contributed by atoms with Crippen LogP contribution in [0.2, 0.25) is 0 Å². The van der Waals surface area contributed by atoms with Gasteiger partial charge < -0.3 is 10.1 Å². The number of nitrogens with one attached hydrogen (secondary N) is 1. The number of benzene rings is 1. The zero-order chi connectivity index (χ0) is 12.8. The normalized spacial score (nSPS) is 12.4. The first kappa shape index (κ1) is 13.6. The van der Waals surface area contributed by atoms with Crippen molar-refractivity contribution in [2.24, 2.45) is 0 Å². The molecule has 5 heteroatoms. The number of methoxy groups -OCH3 is 1. The van der Waals surface area contributed by atoms with Gasteiger partial charge in [0.25, 0.3) is 5.69 Å². The number of hydrogen-bond donors (Lipinski definition) is 1. The van der Waals surface area contributed by atoms with Crippen LogP contribution in [0.3, 0.4) is 0 Å². The lowest BCUT2D eigenvalue weighted by Crippen LogP contribution is -2.32. The molecule has 94 valence electrons. The zero-order valence-electron chi connectivity index (χ0n) is 10.4. The van der Waals surface area contributed by atoms with Gasteiger partial charge in [-0.15, -0.1) is 0 Å². The van der Waals surface area contributed by atoms with Crippen LogP contribution >= 0.6 is 0 Å². The maximum atomic E-state index is 11.0. The zero-order valence-corrected chi connectivity index (χ0v) is 10.4. The molecule has 0 radical (unpaired) electrons. The van der Waals surface area contributed by atoms with E-state index < -0.39 is 0 Å². The molecule has 0 amide bonds. The molecule has 0 aliphatic carbocycles. The van der Waals surface area contributed by atoms with E-state index >= 15 is 0 Å². The average molecular weight is 238 g/mol. The highest BCUT2D eigenvalue weighted by Gasteiger charge is 2.18. The van der Waals surface area contributed by atoms with Crippen LogP contribution in [0.5, 0.6) is 0 Å². The summed E-state index contributed by atoms with van der Waals surface area (Å²) in [5, 5.41) is 14.1. The van der Waals surface area contributed by atoms with Gasteiger partial charge in [0, 0.05) is 24.8 Å². The highest BCUT2D eigenvalue weighted by molar-refractivity contribution is 5.45. The van der Waals surface area contributed by atoms with E-state index in [4.69, 9.17) is 4.74 Å². The van der Waals surface area contributed by atoms with E-state index in [0.29, 0.717) is 13.0 Å². The molecule has 0 aliphatic rings. The molecule has 0 fully saturated rings. The molecule has 0 saturated heterocycles. The third-order valence-electron chi connectivity index (χ3n) is 2.81. The summed E-state index contributed by atoms with van der Waals surface area (Å²) in [6.07, 6.45) is 0.591. The Hall–Kier alpha value is -1.46. The fraction of sp³-hybridized carbons (Fsp3) is 0.500. The van der Waals surface area contributed by atoms with Gasteiger partial charge in [-0.2, -0.15) is 0 Å². The third-order valence-corrected chi connectivity index (χ3v) is 2.81. The van der Waals surface area contributed by atoms with Crippen molar-refractivity contribution in [1.82, 2.24) is 5.32 Å². The number of ether oxygens (including phenoxy) is 1. The number of aryl methyl sites for hydroxylation is 1. The summed E-state index contributed by atoms with van der Waals surface area (Å²) in [6, 6.07) is 5.23. The second-order valence-corrected chi connectivity index (χ2v) is 3.97. The van der Waals surface area contributed by atoms with Crippen LogP contribution < -0.4 is 5.32 Å². The second-order valence-electron chi connectivity index (χ2n) is 3.97. The Kier molecular flexibility index (Phi) is 5.06. The molecule has 0 saturated carbocycles. The fourth-order valence-electron chi connectivity index (χ4n) is 1.82. The number of nitro groups is 1. The molecule has 1 rings (SSSR count). The van der Waals surface area contributed by atoms with Gasteiger partial charge in [0.1, 0.15) is 0 Å². The second kappa shape index (κ2) is 6.32. The Bertz CT molecular complexity index is 393. The first-order valence-electron chi connectivity index (χ1n) is 5.49. The summed E-state index contributed by atoms with van der Waals surface area (Å²) < 4.78 is 5.07. The Morgan fingerprint density at radius 3 is 2.76 bits per heavy atom. The molecule has 0 heterocycles. The Morgan fingerprint density at radius 1 is 1.53 bits per heavy atom. The smallest absolute Gasteiger partial charge is 0.272 e. The van der Waals surface area contributed by atoms with Gasteiger partial charge in [0.2, 0.25) is 0 Å². The Morgan fingerprint density at radius 2 is 2.24 bits per heavy atom. The van der Waals surface area contributed by atoms with Gasteiger partial charge in [-0.1, -0.05) is 12.1 Å². The van der Waals surface area contributed by atoms with Gasteiger partial charge in [-0.3, -0.25) is 10.1 Å². The van der Waals surface area contributed by atoms with Crippen molar-refractivity contribution in [3.05, 3.63) is 39.4 Å². The molecule has 1 atom stereocenters. The average Bonchev–Trinajstić information content (AvgIpc) is 2.30. The minimum Gasteiger partial charge on any atom is -0.383 e. The topological polar surface area (TPSA) is 64.4 Å². The molecule has 17 heavy (non-hydrogen) atoms. The molecular formula is C12H18N2O3. The Labute approximate surface area is 101 Å². The molecular weight excluding hydrogens is 220 g/mol. The van der Waals surface area contributed by atoms with Gasteiger partial charge in [-0.05, 0) is 26.0 Å². The Balaban J connectivity index is 2.99. The molecule has 5 nitrogen and oxygen atoms in total. The molecule has 0 aromatic heterocycles.